The van der Waals surface area contributed by atoms with Gasteiger partial charge in [-0.25, -0.2) is 0 Å². The zero-order valence-electron chi connectivity index (χ0n) is 10.5. The minimum Gasteiger partial charge on any atom is -0.461 e. The fraction of sp³-hybridized carbons (Fsp3) is 0.364. The summed E-state index contributed by atoms with van der Waals surface area (Å²) < 4.78 is 5.48. The Morgan fingerprint density at radius 3 is 2.61 bits per heavy atom. The van der Waals surface area contributed by atoms with E-state index in [1.807, 2.05) is 30.7 Å². The van der Waals surface area contributed by atoms with Gasteiger partial charge in [0.05, 0.1) is 11.8 Å². The number of thiophene rings is 1. The first kappa shape index (κ1) is 12.6. The highest BCUT2D eigenvalue weighted by atomic mass is 32.1. The zero-order valence-corrected chi connectivity index (χ0v) is 11.3. The van der Waals surface area contributed by atoms with Gasteiger partial charge in [0, 0.05) is 12.4 Å². The van der Waals surface area contributed by atoms with E-state index in [0.717, 1.165) is 5.69 Å². The van der Waals surface area contributed by atoms with Gasteiger partial charge in [-0.15, -0.1) is 0 Å². The van der Waals surface area contributed by atoms with Crippen LogP contribution in [0.15, 0.2) is 16.8 Å². The highest BCUT2D eigenvalue weighted by molar-refractivity contribution is 7.08. The number of nitrogens with one attached hydrogen (secondary N) is 2. The molecule has 0 amide bonds. The quantitative estimate of drug-likeness (QED) is 0.865. The topological polar surface area (TPSA) is 72.0 Å². The average Bonchev–Trinajstić information content (AvgIpc) is 2.80. The van der Waals surface area contributed by atoms with Gasteiger partial charge < -0.3 is 15.4 Å². The molecule has 2 heterocycles. The monoisotopic (exact) mass is 265 g/mol. The largest absolute Gasteiger partial charge is 0.461 e. The Kier molecular flexibility index (Phi) is 3.93. The zero-order chi connectivity index (χ0) is 13.0. The third kappa shape index (κ3) is 3.30. The normalized spacial score (nSPS) is 10.4. The number of anilines is 3. The molecule has 0 aliphatic carbocycles. The second-order valence-corrected chi connectivity index (χ2v) is 4.60. The van der Waals surface area contributed by atoms with E-state index in [-0.39, 0.29) is 6.10 Å². The molecule has 6 nitrogen and oxygen atoms in total. The van der Waals surface area contributed by atoms with Crippen molar-refractivity contribution in [3.05, 3.63) is 16.8 Å². The molecule has 0 saturated heterocycles. The van der Waals surface area contributed by atoms with Crippen molar-refractivity contribution >= 4 is 28.9 Å². The number of aromatic nitrogens is 3. The smallest absolute Gasteiger partial charge is 0.323 e. The lowest BCUT2D eigenvalue weighted by Gasteiger charge is -2.10. The van der Waals surface area contributed by atoms with E-state index in [1.54, 1.807) is 18.4 Å². The maximum Gasteiger partial charge on any atom is 0.323 e. The summed E-state index contributed by atoms with van der Waals surface area (Å²) in [5.74, 6) is 0.932. The van der Waals surface area contributed by atoms with Crippen LogP contribution in [-0.4, -0.2) is 28.1 Å². The van der Waals surface area contributed by atoms with Crippen molar-refractivity contribution < 1.29 is 4.74 Å². The summed E-state index contributed by atoms with van der Waals surface area (Å²) in [6.07, 6.45) is 0.0195. The van der Waals surface area contributed by atoms with Gasteiger partial charge in [0.25, 0.3) is 0 Å². The fourth-order valence-corrected chi connectivity index (χ4v) is 1.84. The summed E-state index contributed by atoms with van der Waals surface area (Å²) in [6, 6.07) is 2.26. The summed E-state index contributed by atoms with van der Waals surface area (Å²) in [4.78, 5) is 12.5. The molecule has 2 rings (SSSR count). The van der Waals surface area contributed by atoms with Crippen LogP contribution in [0, 0.1) is 0 Å². The van der Waals surface area contributed by atoms with E-state index in [9.17, 15) is 0 Å². The van der Waals surface area contributed by atoms with Gasteiger partial charge in [-0.3, -0.25) is 0 Å². The van der Waals surface area contributed by atoms with Crippen molar-refractivity contribution in [2.75, 3.05) is 17.7 Å². The highest BCUT2D eigenvalue weighted by Crippen LogP contribution is 2.19. The van der Waals surface area contributed by atoms with Crippen LogP contribution in [0.1, 0.15) is 13.8 Å². The van der Waals surface area contributed by atoms with Crippen LogP contribution in [0.25, 0.3) is 0 Å². The van der Waals surface area contributed by atoms with Gasteiger partial charge in [0.15, 0.2) is 0 Å². The van der Waals surface area contributed by atoms with Crippen molar-refractivity contribution in [1.82, 2.24) is 15.0 Å². The number of nitrogens with zero attached hydrogens (tertiary/aromatic N) is 3. The molecular weight excluding hydrogens is 250 g/mol. The Hall–Kier alpha value is -1.89. The average molecular weight is 265 g/mol. The van der Waals surface area contributed by atoms with Gasteiger partial charge in [0.1, 0.15) is 0 Å². The maximum absolute atomic E-state index is 5.48. The van der Waals surface area contributed by atoms with Crippen LogP contribution in [0.4, 0.5) is 17.6 Å². The molecule has 0 fully saturated rings. The van der Waals surface area contributed by atoms with Crippen molar-refractivity contribution in [3.63, 3.8) is 0 Å². The molecule has 0 aliphatic heterocycles. The number of hydrogen-bond acceptors (Lipinski definition) is 7. The van der Waals surface area contributed by atoms with Crippen molar-refractivity contribution in [2.24, 2.45) is 0 Å². The van der Waals surface area contributed by atoms with Gasteiger partial charge in [-0.05, 0) is 25.3 Å². The highest BCUT2D eigenvalue weighted by Gasteiger charge is 2.08. The third-order valence-corrected chi connectivity index (χ3v) is 2.64. The van der Waals surface area contributed by atoms with Crippen LogP contribution in [-0.2, 0) is 0 Å². The van der Waals surface area contributed by atoms with Gasteiger partial charge in [-0.2, -0.15) is 26.3 Å². The second kappa shape index (κ2) is 5.63. The summed E-state index contributed by atoms with van der Waals surface area (Å²) in [5, 5.41) is 9.94. The first-order chi connectivity index (χ1) is 8.67. The summed E-state index contributed by atoms with van der Waals surface area (Å²) in [5.41, 5.74) is 0.948. The number of hydrogen-bond donors (Lipinski definition) is 2. The van der Waals surface area contributed by atoms with Crippen molar-refractivity contribution in [1.29, 1.82) is 0 Å². The standard InChI is InChI=1S/C11H15N5OS/c1-7(2)17-11-15-9(12-3)14-10(16-11)13-8-4-5-18-6-8/h4-7H,1-3H3,(H2,12,13,14,15,16). The molecule has 0 radical (unpaired) electrons. The lowest BCUT2D eigenvalue weighted by molar-refractivity contribution is 0.222. The van der Waals surface area contributed by atoms with E-state index in [0.29, 0.717) is 17.9 Å². The minimum atomic E-state index is 0.0195. The Morgan fingerprint density at radius 1 is 1.22 bits per heavy atom. The van der Waals surface area contributed by atoms with E-state index in [4.69, 9.17) is 4.74 Å². The molecule has 2 aromatic rings. The van der Waals surface area contributed by atoms with Crippen molar-refractivity contribution in [3.8, 4) is 6.01 Å². The number of ether oxygens (including phenoxy) is 1. The second-order valence-electron chi connectivity index (χ2n) is 3.82. The molecular formula is C11H15N5OS. The molecule has 96 valence electrons. The summed E-state index contributed by atoms with van der Waals surface area (Å²) in [6.45, 7) is 3.85. The predicted molar refractivity (Wildman–Crippen MR) is 72.7 cm³/mol. The predicted octanol–water partition coefficient (Wildman–Crippen LogP) is 2.51. The van der Waals surface area contributed by atoms with Crippen LogP contribution in [0.5, 0.6) is 6.01 Å². The van der Waals surface area contributed by atoms with Gasteiger partial charge in [-0.1, -0.05) is 0 Å². The van der Waals surface area contributed by atoms with Crippen LogP contribution >= 0.6 is 11.3 Å². The van der Waals surface area contributed by atoms with Crippen molar-refractivity contribution in [2.45, 2.75) is 20.0 Å². The molecule has 0 aliphatic rings. The SMILES string of the molecule is CNc1nc(Nc2ccsc2)nc(OC(C)C)n1. The molecule has 0 bridgehead atoms. The van der Waals surface area contributed by atoms with E-state index in [1.165, 1.54) is 0 Å². The minimum absolute atomic E-state index is 0.0195. The first-order valence-electron chi connectivity index (χ1n) is 5.57. The third-order valence-electron chi connectivity index (χ3n) is 1.96. The molecule has 0 saturated carbocycles. The summed E-state index contributed by atoms with van der Waals surface area (Å²) in [7, 11) is 1.75. The Morgan fingerprint density at radius 2 is 2.00 bits per heavy atom. The van der Waals surface area contributed by atoms with E-state index in [2.05, 4.69) is 25.6 Å². The summed E-state index contributed by atoms with van der Waals surface area (Å²) >= 11 is 1.60. The van der Waals surface area contributed by atoms with Gasteiger partial charge in [0.2, 0.25) is 11.9 Å². The molecule has 7 heteroatoms. The molecule has 0 unspecified atom stereocenters. The van der Waals surface area contributed by atoms with Crippen LogP contribution in [0.3, 0.4) is 0 Å². The van der Waals surface area contributed by atoms with Crippen LogP contribution < -0.4 is 15.4 Å². The Labute approximate surface area is 109 Å². The fourth-order valence-electron chi connectivity index (χ4n) is 1.25. The molecule has 2 N–H and O–H groups in total. The van der Waals surface area contributed by atoms with Crippen LogP contribution in [0.2, 0.25) is 0 Å². The lowest BCUT2D eigenvalue weighted by Crippen LogP contribution is -2.11. The van der Waals surface area contributed by atoms with E-state index < -0.39 is 0 Å². The Balaban J connectivity index is 2.23. The van der Waals surface area contributed by atoms with E-state index >= 15 is 0 Å². The molecule has 18 heavy (non-hydrogen) atoms. The maximum atomic E-state index is 5.48. The lowest BCUT2D eigenvalue weighted by atomic mass is 10.5. The number of rotatable bonds is 5. The molecule has 0 spiro atoms. The Bertz CT molecular complexity index is 500. The van der Waals surface area contributed by atoms with Gasteiger partial charge >= 0.3 is 6.01 Å². The molecule has 0 atom stereocenters. The molecule has 2 aromatic heterocycles. The molecule has 0 aromatic carbocycles. The first-order valence-corrected chi connectivity index (χ1v) is 6.51.